The van der Waals surface area contributed by atoms with Gasteiger partial charge >= 0.3 is 0 Å². The summed E-state index contributed by atoms with van der Waals surface area (Å²) in [5.41, 5.74) is 0.756. The average molecular weight is 272 g/mol. The number of halogens is 1. The van der Waals surface area contributed by atoms with Crippen molar-refractivity contribution in [1.29, 1.82) is 0 Å². The highest BCUT2D eigenvalue weighted by Gasteiger charge is 2.15. The molecule has 2 rings (SSSR count). The van der Waals surface area contributed by atoms with Crippen LogP contribution in [0.5, 0.6) is 0 Å². The third kappa shape index (κ3) is 2.29. The first-order valence-corrected chi connectivity index (χ1v) is 5.92. The van der Waals surface area contributed by atoms with Gasteiger partial charge in [-0.25, -0.2) is 4.98 Å². The number of nitrogens with zero attached hydrogens (tertiary/aromatic N) is 2. The van der Waals surface area contributed by atoms with Crippen molar-refractivity contribution in [2.24, 2.45) is 0 Å². The van der Waals surface area contributed by atoms with Crippen LogP contribution >= 0.6 is 15.9 Å². The van der Waals surface area contributed by atoms with Crippen molar-refractivity contribution in [2.45, 2.75) is 32.4 Å². The molecule has 2 heterocycles. The van der Waals surface area contributed by atoms with Crippen LogP contribution in [0.15, 0.2) is 15.6 Å². The molecule has 1 fully saturated rings. The zero-order chi connectivity index (χ0) is 10.8. The highest BCUT2D eigenvalue weighted by molar-refractivity contribution is 9.10. The van der Waals surface area contributed by atoms with Crippen molar-refractivity contribution in [2.75, 3.05) is 6.54 Å². The van der Waals surface area contributed by atoms with Crippen LogP contribution in [-0.4, -0.2) is 22.1 Å². The molecule has 0 radical (unpaired) electrons. The lowest BCUT2D eigenvalue weighted by molar-refractivity contribution is 0.493. The van der Waals surface area contributed by atoms with Crippen molar-refractivity contribution in [1.82, 2.24) is 14.9 Å². The molecule has 15 heavy (non-hydrogen) atoms. The lowest BCUT2D eigenvalue weighted by Gasteiger charge is -2.12. The van der Waals surface area contributed by atoms with Gasteiger partial charge in [0.2, 0.25) is 0 Å². The lowest BCUT2D eigenvalue weighted by atomic mass is 10.2. The van der Waals surface area contributed by atoms with Gasteiger partial charge in [0.05, 0.1) is 12.0 Å². The number of nitrogens with one attached hydrogen (secondary N) is 1. The van der Waals surface area contributed by atoms with Gasteiger partial charge in [0.15, 0.2) is 0 Å². The summed E-state index contributed by atoms with van der Waals surface area (Å²) in [6.45, 7) is 3.59. The van der Waals surface area contributed by atoms with Gasteiger partial charge in [0, 0.05) is 12.6 Å². The SMILES string of the molecule is Cc1ncn(C[C@H]2CCCN2)c(=O)c1Br. The number of rotatable bonds is 2. The van der Waals surface area contributed by atoms with E-state index in [0.29, 0.717) is 17.1 Å². The predicted molar refractivity (Wildman–Crippen MR) is 62.0 cm³/mol. The summed E-state index contributed by atoms with van der Waals surface area (Å²) < 4.78 is 2.24. The Kier molecular flexibility index (Phi) is 3.21. The fourth-order valence-electron chi connectivity index (χ4n) is 1.83. The fourth-order valence-corrected chi connectivity index (χ4v) is 2.16. The van der Waals surface area contributed by atoms with Gasteiger partial charge in [-0.1, -0.05) is 0 Å². The summed E-state index contributed by atoms with van der Waals surface area (Å²) in [5, 5.41) is 3.36. The monoisotopic (exact) mass is 271 g/mol. The zero-order valence-electron chi connectivity index (χ0n) is 8.66. The second-order valence-electron chi connectivity index (χ2n) is 3.89. The minimum absolute atomic E-state index is 0.0104. The molecule has 0 amide bonds. The van der Waals surface area contributed by atoms with E-state index < -0.39 is 0 Å². The third-order valence-corrected chi connectivity index (χ3v) is 3.65. The van der Waals surface area contributed by atoms with Crippen molar-refractivity contribution >= 4 is 15.9 Å². The van der Waals surface area contributed by atoms with Crippen molar-refractivity contribution in [3.8, 4) is 0 Å². The molecule has 1 atom stereocenters. The Morgan fingerprint density at radius 2 is 2.53 bits per heavy atom. The first-order valence-electron chi connectivity index (χ1n) is 5.13. The van der Waals surface area contributed by atoms with E-state index >= 15 is 0 Å². The minimum atomic E-state index is 0.0104. The molecule has 1 N–H and O–H groups in total. The Labute approximate surface area is 96.8 Å². The molecule has 5 heteroatoms. The molecule has 4 nitrogen and oxygen atoms in total. The largest absolute Gasteiger partial charge is 0.312 e. The molecule has 82 valence electrons. The van der Waals surface area contributed by atoms with Crippen LogP contribution in [0, 0.1) is 6.92 Å². The molecule has 0 aromatic carbocycles. The lowest BCUT2D eigenvalue weighted by Crippen LogP contribution is -2.32. The molecule has 1 aliphatic heterocycles. The maximum atomic E-state index is 11.8. The van der Waals surface area contributed by atoms with E-state index in [1.807, 2.05) is 6.92 Å². The predicted octanol–water partition coefficient (Wildman–Crippen LogP) is 1.07. The molecule has 1 aromatic heterocycles. The van der Waals surface area contributed by atoms with Gasteiger partial charge in [-0.3, -0.25) is 9.36 Å². The summed E-state index contributed by atoms with van der Waals surface area (Å²) >= 11 is 3.26. The molecule has 0 saturated carbocycles. The van der Waals surface area contributed by atoms with Crippen LogP contribution in [0.1, 0.15) is 18.5 Å². The summed E-state index contributed by atoms with van der Waals surface area (Å²) in [6, 6.07) is 0.416. The van der Waals surface area contributed by atoms with Crippen LogP contribution in [0.25, 0.3) is 0 Å². The molecule has 0 unspecified atom stereocenters. The molecule has 0 bridgehead atoms. The number of hydrogen-bond donors (Lipinski definition) is 1. The van der Waals surface area contributed by atoms with Crippen molar-refractivity contribution in [3.63, 3.8) is 0 Å². The van der Waals surface area contributed by atoms with E-state index in [0.717, 1.165) is 18.7 Å². The summed E-state index contributed by atoms with van der Waals surface area (Å²) in [5.74, 6) is 0. The Morgan fingerprint density at radius 3 is 3.20 bits per heavy atom. The first-order chi connectivity index (χ1) is 7.18. The topological polar surface area (TPSA) is 46.9 Å². The summed E-state index contributed by atoms with van der Waals surface area (Å²) in [7, 11) is 0. The fraction of sp³-hybridized carbons (Fsp3) is 0.600. The van der Waals surface area contributed by atoms with Crippen LogP contribution in [0.4, 0.5) is 0 Å². The van der Waals surface area contributed by atoms with Crippen LogP contribution in [0.2, 0.25) is 0 Å². The zero-order valence-corrected chi connectivity index (χ0v) is 10.2. The molecule has 0 spiro atoms. The first kappa shape index (κ1) is 10.8. The van der Waals surface area contributed by atoms with Crippen LogP contribution in [-0.2, 0) is 6.54 Å². The van der Waals surface area contributed by atoms with Crippen molar-refractivity contribution < 1.29 is 0 Å². The smallest absolute Gasteiger partial charge is 0.267 e. The number of aromatic nitrogens is 2. The highest BCUT2D eigenvalue weighted by Crippen LogP contribution is 2.09. The quantitative estimate of drug-likeness (QED) is 0.876. The Balaban J connectivity index is 2.21. The van der Waals surface area contributed by atoms with E-state index in [4.69, 9.17) is 0 Å². The Bertz CT molecular complexity index is 410. The molecule has 1 saturated heterocycles. The average Bonchev–Trinajstić information content (AvgIpc) is 2.72. The second kappa shape index (κ2) is 4.45. The molecule has 1 aromatic rings. The third-order valence-electron chi connectivity index (χ3n) is 2.74. The second-order valence-corrected chi connectivity index (χ2v) is 4.69. The van der Waals surface area contributed by atoms with Crippen molar-refractivity contribution in [3.05, 3.63) is 26.8 Å². The maximum Gasteiger partial charge on any atom is 0.267 e. The Morgan fingerprint density at radius 1 is 1.73 bits per heavy atom. The Hall–Kier alpha value is -0.680. The van der Waals surface area contributed by atoms with Gasteiger partial charge < -0.3 is 5.32 Å². The number of aryl methyl sites for hydroxylation is 1. The molecular formula is C10H14BrN3O. The van der Waals surface area contributed by atoms with Gasteiger partial charge in [-0.15, -0.1) is 0 Å². The van der Waals surface area contributed by atoms with E-state index in [2.05, 4.69) is 26.2 Å². The summed E-state index contributed by atoms with van der Waals surface area (Å²) in [6.07, 6.45) is 3.96. The standard InChI is InChI=1S/C10H14BrN3O/c1-7-9(11)10(15)14(6-13-7)5-8-3-2-4-12-8/h6,8,12H,2-5H2,1H3/t8-/m1/s1. The molecule has 1 aliphatic rings. The number of hydrogen-bond acceptors (Lipinski definition) is 3. The highest BCUT2D eigenvalue weighted by atomic mass is 79.9. The normalized spacial score (nSPS) is 20.8. The van der Waals surface area contributed by atoms with E-state index in [-0.39, 0.29) is 5.56 Å². The van der Waals surface area contributed by atoms with Crippen LogP contribution in [0.3, 0.4) is 0 Å². The van der Waals surface area contributed by atoms with Gasteiger partial charge in [0.1, 0.15) is 4.47 Å². The van der Waals surface area contributed by atoms with Gasteiger partial charge in [-0.2, -0.15) is 0 Å². The summed E-state index contributed by atoms with van der Waals surface area (Å²) in [4.78, 5) is 16.0. The van der Waals surface area contributed by atoms with E-state index in [9.17, 15) is 4.79 Å². The molecule has 0 aliphatic carbocycles. The van der Waals surface area contributed by atoms with Crippen LogP contribution < -0.4 is 10.9 Å². The minimum Gasteiger partial charge on any atom is -0.312 e. The van der Waals surface area contributed by atoms with Gasteiger partial charge in [0.25, 0.3) is 5.56 Å². The van der Waals surface area contributed by atoms with E-state index in [1.165, 1.54) is 6.42 Å². The van der Waals surface area contributed by atoms with E-state index in [1.54, 1.807) is 10.9 Å². The molecular weight excluding hydrogens is 258 g/mol. The maximum absolute atomic E-state index is 11.8. The van der Waals surface area contributed by atoms with Gasteiger partial charge in [-0.05, 0) is 42.2 Å².